The Morgan fingerprint density at radius 1 is 0.741 bits per heavy atom. The van der Waals surface area contributed by atoms with Gasteiger partial charge in [-0.3, -0.25) is 28.8 Å². The summed E-state index contributed by atoms with van der Waals surface area (Å²) in [7, 11) is 0. The highest BCUT2D eigenvalue weighted by atomic mass is 32.2. The second kappa shape index (κ2) is 11.9. The SMILES string of the molecule is CCC(=O)CCC(=O)N1C(=O)CSCSCC(=O)N1C(=O)CCC(=O)CC. The normalized spacial score (nSPS) is 15.8. The first-order chi connectivity index (χ1) is 12.8. The van der Waals surface area contributed by atoms with E-state index in [4.69, 9.17) is 0 Å². The van der Waals surface area contributed by atoms with Gasteiger partial charge in [0.05, 0.1) is 11.5 Å². The lowest BCUT2D eigenvalue weighted by atomic mass is 10.1. The molecule has 1 aliphatic heterocycles. The van der Waals surface area contributed by atoms with Crippen LogP contribution in [0.15, 0.2) is 0 Å². The predicted molar refractivity (Wildman–Crippen MR) is 103 cm³/mol. The summed E-state index contributed by atoms with van der Waals surface area (Å²) in [5.41, 5.74) is 0. The molecule has 1 saturated heterocycles. The quantitative estimate of drug-likeness (QED) is 0.586. The minimum atomic E-state index is -0.766. The number of ketones is 2. The molecule has 0 aromatic heterocycles. The van der Waals surface area contributed by atoms with E-state index in [1.807, 2.05) is 0 Å². The summed E-state index contributed by atoms with van der Waals surface area (Å²) in [6.45, 7) is 3.33. The van der Waals surface area contributed by atoms with Crippen LogP contribution in [-0.2, 0) is 28.8 Å². The molecule has 0 aromatic carbocycles. The van der Waals surface area contributed by atoms with Crippen molar-refractivity contribution in [1.82, 2.24) is 10.0 Å². The van der Waals surface area contributed by atoms with Gasteiger partial charge in [-0.1, -0.05) is 13.8 Å². The Morgan fingerprint density at radius 2 is 1.11 bits per heavy atom. The summed E-state index contributed by atoms with van der Waals surface area (Å²) in [5, 5.41) is 1.62. The summed E-state index contributed by atoms with van der Waals surface area (Å²) >= 11 is 2.49. The third-order valence-corrected chi connectivity index (χ3v) is 6.02. The zero-order valence-electron chi connectivity index (χ0n) is 15.5. The van der Waals surface area contributed by atoms with Gasteiger partial charge < -0.3 is 0 Å². The number of thioether (sulfide) groups is 2. The highest BCUT2D eigenvalue weighted by molar-refractivity contribution is 8.16. The fourth-order valence-corrected chi connectivity index (χ4v) is 3.95. The van der Waals surface area contributed by atoms with Crippen molar-refractivity contribution < 1.29 is 28.8 Å². The molecule has 0 N–H and O–H groups in total. The molecule has 150 valence electrons. The molecular formula is C17H24N2O6S2. The van der Waals surface area contributed by atoms with E-state index in [0.717, 1.165) is 0 Å². The van der Waals surface area contributed by atoms with Crippen LogP contribution in [0.4, 0.5) is 0 Å². The van der Waals surface area contributed by atoms with E-state index >= 15 is 0 Å². The molecule has 1 heterocycles. The molecule has 1 rings (SSSR count). The minimum absolute atomic E-state index is 0.0639. The van der Waals surface area contributed by atoms with E-state index in [1.165, 1.54) is 23.5 Å². The summed E-state index contributed by atoms with van der Waals surface area (Å²) in [4.78, 5) is 73.2. The largest absolute Gasteiger partial charge is 0.300 e. The maximum Gasteiger partial charge on any atom is 0.258 e. The molecular weight excluding hydrogens is 392 g/mol. The van der Waals surface area contributed by atoms with E-state index in [0.29, 0.717) is 15.1 Å². The second-order valence-electron chi connectivity index (χ2n) is 5.80. The first kappa shape index (κ1) is 23.4. The molecule has 27 heavy (non-hydrogen) atoms. The Bertz CT molecular complexity index is 571. The molecule has 1 aliphatic rings. The Balaban J connectivity index is 3.07. The van der Waals surface area contributed by atoms with E-state index in [2.05, 4.69) is 0 Å². The zero-order valence-corrected chi connectivity index (χ0v) is 17.2. The summed E-state index contributed by atoms with van der Waals surface area (Å²) in [6, 6.07) is 0. The van der Waals surface area contributed by atoms with Crippen molar-refractivity contribution in [1.29, 1.82) is 0 Å². The van der Waals surface area contributed by atoms with Crippen molar-refractivity contribution in [2.24, 2.45) is 0 Å². The zero-order chi connectivity index (χ0) is 20.4. The number of amides is 4. The van der Waals surface area contributed by atoms with Crippen molar-refractivity contribution in [2.75, 3.05) is 16.6 Å². The van der Waals surface area contributed by atoms with E-state index in [9.17, 15) is 28.8 Å². The van der Waals surface area contributed by atoms with E-state index < -0.39 is 23.6 Å². The van der Waals surface area contributed by atoms with E-state index in [-0.39, 0.29) is 61.6 Å². The maximum atomic E-state index is 12.6. The minimum Gasteiger partial charge on any atom is -0.300 e. The number of imide groups is 2. The monoisotopic (exact) mass is 416 g/mol. The maximum absolute atomic E-state index is 12.6. The number of hydrogen-bond acceptors (Lipinski definition) is 8. The van der Waals surface area contributed by atoms with Gasteiger partial charge in [-0.25, -0.2) is 0 Å². The van der Waals surface area contributed by atoms with Crippen molar-refractivity contribution >= 4 is 58.7 Å². The number of carbonyl (C=O) groups excluding carboxylic acids is 6. The van der Waals surface area contributed by atoms with Gasteiger partial charge in [-0.15, -0.1) is 23.5 Å². The van der Waals surface area contributed by atoms with Crippen LogP contribution in [0.1, 0.15) is 52.4 Å². The molecule has 0 aliphatic carbocycles. The number of hydrogen-bond donors (Lipinski definition) is 0. The molecule has 0 unspecified atom stereocenters. The van der Waals surface area contributed by atoms with Crippen LogP contribution in [0, 0.1) is 0 Å². The number of hydrazine groups is 1. The lowest BCUT2D eigenvalue weighted by Crippen LogP contribution is -2.56. The molecule has 0 radical (unpaired) electrons. The van der Waals surface area contributed by atoms with Crippen LogP contribution >= 0.6 is 23.5 Å². The van der Waals surface area contributed by atoms with Crippen molar-refractivity contribution in [3.05, 3.63) is 0 Å². The van der Waals surface area contributed by atoms with Crippen LogP contribution in [-0.4, -0.2) is 61.8 Å². The van der Waals surface area contributed by atoms with Gasteiger partial charge in [-0.05, 0) is 0 Å². The van der Waals surface area contributed by atoms with Gasteiger partial charge in [0, 0.05) is 43.6 Å². The number of nitrogens with zero attached hydrogens (tertiary/aromatic N) is 2. The van der Waals surface area contributed by atoms with Gasteiger partial charge >= 0.3 is 0 Å². The third kappa shape index (κ3) is 7.45. The Hall–Kier alpha value is -1.68. The Labute approximate surface area is 166 Å². The smallest absolute Gasteiger partial charge is 0.258 e. The van der Waals surface area contributed by atoms with Gasteiger partial charge in [-0.2, -0.15) is 10.0 Å². The number of carbonyl (C=O) groups is 6. The average Bonchev–Trinajstić information content (AvgIpc) is 2.72. The fraction of sp³-hybridized carbons (Fsp3) is 0.647. The molecule has 1 fully saturated rings. The Kier molecular flexibility index (Phi) is 10.3. The summed E-state index contributed by atoms with van der Waals surface area (Å²) < 4.78 is 0. The van der Waals surface area contributed by atoms with E-state index in [1.54, 1.807) is 13.8 Å². The first-order valence-corrected chi connectivity index (χ1v) is 11.0. The third-order valence-electron chi connectivity index (χ3n) is 3.79. The number of rotatable bonds is 8. The molecule has 0 aromatic rings. The average molecular weight is 417 g/mol. The lowest BCUT2D eigenvalue weighted by Gasteiger charge is -2.31. The molecule has 0 bridgehead atoms. The second-order valence-corrected chi connectivity index (χ2v) is 8.13. The van der Waals surface area contributed by atoms with Gasteiger partial charge in [0.15, 0.2) is 0 Å². The predicted octanol–water partition coefficient (Wildman–Crippen LogP) is 1.57. The van der Waals surface area contributed by atoms with Crippen molar-refractivity contribution in [3.8, 4) is 0 Å². The van der Waals surface area contributed by atoms with Crippen molar-refractivity contribution in [3.63, 3.8) is 0 Å². The van der Waals surface area contributed by atoms with Gasteiger partial charge in [0.2, 0.25) is 11.8 Å². The van der Waals surface area contributed by atoms with Crippen LogP contribution < -0.4 is 0 Å². The highest BCUT2D eigenvalue weighted by Crippen LogP contribution is 2.20. The standard InChI is InChI=1S/C17H24N2O6S2/c1-3-12(20)5-7-14(22)18-16(24)9-26-11-27-10-17(25)19(18)15(23)8-6-13(21)4-2/h3-11H2,1-2H3. The molecule has 4 amide bonds. The lowest BCUT2D eigenvalue weighted by molar-refractivity contribution is -0.178. The molecule has 0 spiro atoms. The highest BCUT2D eigenvalue weighted by Gasteiger charge is 2.36. The number of Topliss-reactive ketones (excluding diaryl/α,β-unsaturated/α-hetero) is 2. The summed E-state index contributed by atoms with van der Waals surface area (Å²) in [6.07, 6.45) is -0.137. The Morgan fingerprint density at radius 3 is 1.44 bits per heavy atom. The van der Waals surface area contributed by atoms with Crippen LogP contribution in [0.3, 0.4) is 0 Å². The summed E-state index contributed by atoms with van der Waals surface area (Å²) in [5.74, 6) is -3.32. The molecule has 10 heteroatoms. The molecule has 0 atom stereocenters. The van der Waals surface area contributed by atoms with Gasteiger partial charge in [0.1, 0.15) is 11.6 Å². The topological polar surface area (TPSA) is 109 Å². The molecule has 8 nitrogen and oxygen atoms in total. The molecule has 0 saturated carbocycles. The first-order valence-electron chi connectivity index (χ1n) is 8.72. The fourth-order valence-electron chi connectivity index (χ4n) is 2.22. The van der Waals surface area contributed by atoms with Crippen molar-refractivity contribution in [2.45, 2.75) is 52.4 Å². The van der Waals surface area contributed by atoms with Crippen LogP contribution in [0.2, 0.25) is 0 Å². The van der Waals surface area contributed by atoms with Crippen LogP contribution in [0.25, 0.3) is 0 Å². The van der Waals surface area contributed by atoms with Crippen LogP contribution in [0.5, 0.6) is 0 Å². The van der Waals surface area contributed by atoms with Gasteiger partial charge in [0.25, 0.3) is 11.8 Å².